The second-order valence-corrected chi connectivity index (χ2v) is 6.61. The molecule has 5 heteroatoms. The van der Waals surface area contributed by atoms with Crippen LogP contribution in [0.15, 0.2) is 22.6 Å². The lowest BCUT2D eigenvalue weighted by molar-refractivity contribution is 0.0711. The zero-order valence-corrected chi connectivity index (χ0v) is 14.7. The van der Waals surface area contributed by atoms with Crippen molar-refractivity contribution >= 4 is 29.3 Å². The molecule has 0 fully saturated rings. The van der Waals surface area contributed by atoms with E-state index in [1.807, 2.05) is 32.9 Å². The van der Waals surface area contributed by atoms with Crippen LogP contribution in [0.2, 0.25) is 0 Å². The number of nitrogens with two attached hydrogens (primary N) is 1. The van der Waals surface area contributed by atoms with Crippen LogP contribution in [-0.4, -0.2) is 30.9 Å². The summed E-state index contributed by atoms with van der Waals surface area (Å²) < 4.78 is 5.71. The van der Waals surface area contributed by atoms with E-state index < -0.39 is 0 Å². The summed E-state index contributed by atoms with van der Waals surface area (Å²) in [5.74, 6) is 0.272. The van der Waals surface area contributed by atoms with Gasteiger partial charge >= 0.3 is 0 Å². The maximum absolute atomic E-state index is 12.5. The Morgan fingerprint density at radius 1 is 1.23 bits per heavy atom. The highest BCUT2D eigenvalue weighted by molar-refractivity contribution is 5.96. The summed E-state index contributed by atoms with van der Waals surface area (Å²) in [7, 11) is 1.78. The molecule has 1 heterocycles. The molecular formula is C17H25ClN2O2. The third kappa shape index (κ3) is 3.81. The molecule has 0 bridgehead atoms. The Labute approximate surface area is 138 Å². The lowest BCUT2D eigenvalue weighted by Gasteiger charge is -2.28. The molecule has 0 aliphatic rings. The SMILES string of the molecule is Cc1cc2cc(C(=O)N(C)CC(C)(C)CN)oc2cc1C.Cl. The van der Waals surface area contributed by atoms with Crippen LogP contribution in [0.1, 0.15) is 35.5 Å². The molecule has 2 aromatic rings. The van der Waals surface area contributed by atoms with Crippen molar-refractivity contribution in [3.8, 4) is 0 Å². The summed E-state index contributed by atoms with van der Waals surface area (Å²) in [6.45, 7) is 9.30. The van der Waals surface area contributed by atoms with Crippen molar-refractivity contribution in [1.82, 2.24) is 4.90 Å². The van der Waals surface area contributed by atoms with Gasteiger partial charge < -0.3 is 15.1 Å². The molecule has 22 heavy (non-hydrogen) atoms. The van der Waals surface area contributed by atoms with Gasteiger partial charge in [0.2, 0.25) is 0 Å². The van der Waals surface area contributed by atoms with Gasteiger partial charge in [-0.15, -0.1) is 12.4 Å². The first-order chi connectivity index (χ1) is 9.73. The Morgan fingerprint density at radius 3 is 2.41 bits per heavy atom. The van der Waals surface area contributed by atoms with E-state index in [1.165, 1.54) is 5.56 Å². The number of rotatable bonds is 4. The first kappa shape index (κ1) is 18.5. The van der Waals surface area contributed by atoms with Gasteiger partial charge in [-0.25, -0.2) is 0 Å². The Kier molecular flexibility index (Phi) is 5.65. The number of amides is 1. The summed E-state index contributed by atoms with van der Waals surface area (Å²) in [6.07, 6.45) is 0. The van der Waals surface area contributed by atoms with Crippen LogP contribution >= 0.6 is 12.4 Å². The molecule has 1 amide bonds. The van der Waals surface area contributed by atoms with Crippen molar-refractivity contribution in [2.24, 2.45) is 11.1 Å². The number of fused-ring (bicyclic) bond motifs is 1. The second kappa shape index (κ2) is 6.71. The van der Waals surface area contributed by atoms with Crippen LogP contribution in [0.4, 0.5) is 0 Å². The Morgan fingerprint density at radius 2 is 1.82 bits per heavy atom. The van der Waals surface area contributed by atoms with E-state index in [0.717, 1.165) is 16.5 Å². The van der Waals surface area contributed by atoms with Gasteiger partial charge in [0.15, 0.2) is 5.76 Å². The molecule has 0 spiro atoms. The van der Waals surface area contributed by atoms with Crippen LogP contribution in [0.25, 0.3) is 11.0 Å². The molecule has 0 radical (unpaired) electrons. The fraction of sp³-hybridized carbons (Fsp3) is 0.471. The molecule has 2 N–H and O–H groups in total. The third-order valence-electron chi connectivity index (χ3n) is 3.91. The zero-order valence-electron chi connectivity index (χ0n) is 13.9. The topological polar surface area (TPSA) is 59.5 Å². The van der Waals surface area contributed by atoms with Crippen molar-refractivity contribution in [3.05, 3.63) is 35.1 Å². The van der Waals surface area contributed by atoms with E-state index in [2.05, 4.69) is 13.0 Å². The van der Waals surface area contributed by atoms with Gasteiger partial charge in [-0.3, -0.25) is 4.79 Å². The van der Waals surface area contributed by atoms with E-state index in [-0.39, 0.29) is 23.7 Å². The van der Waals surface area contributed by atoms with Gasteiger partial charge in [-0.05, 0) is 55.1 Å². The molecule has 0 aliphatic carbocycles. The summed E-state index contributed by atoms with van der Waals surface area (Å²) >= 11 is 0. The number of carbonyl (C=O) groups is 1. The molecule has 1 aromatic heterocycles. The average molecular weight is 325 g/mol. The number of furan rings is 1. The molecule has 122 valence electrons. The summed E-state index contributed by atoms with van der Waals surface area (Å²) in [5, 5.41) is 0.966. The summed E-state index contributed by atoms with van der Waals surface area (Å²) in [5.41, 5.74) is 8.73. The van der Waals surface area contributed by atoms with Gasteiger partial charge in [0.1, 0.15) is 5.58 Å². The van der Waals surface area contributed by atoms with Crippen molar-refractivity contribution in [2.45, 2.75) is 27.7 Å². The molecule has 0 saturated heterocycles. The number of hydrogen-bond donors (Lipinski definition) is 1. The predicted octanol–water partition coefficient (Wildman–Crippen LogP) is 3.53. The largest absolute Gasteiger partial charge is 0.451 e. The first-order valence-corrected chi connectivity index (χ1v) is 7.20. The van der Waals surface area contributed by atoms with Gasteiger partial charge in [-0.2, -0.15) is 0 Å². The number of benzene rings is 1. The highest BCUT2D eigenvalue weighted by Gasteiger charge is 2.24. The number of hydrogen-bond acceptors (Lipinski definition) is 3. The fourth-order valence-electron chi connectivity index (χ4n) is 2.37. The van der Waals surface area contributed by atoms with Crippen LogP contribution in [-0.2, 0) is 0 Å². The van der Waals surface area contributed by atoms with Crippen LogP contribution in [0, 0.1) is 19.3 Å². The zero-order chi connectivity index (χ0) is 15.8. The second-order valence-electron chi connectivity index (χ2n) is 6.61. The van der Waals surface area contributed by atoms with Gasteiger partial charge in [0.25, 0.3) is 5.91 Å². The standard InChI is InChI=1S/C17H24N2O2.ClH/c1-11-6-13-8-15(21-14(13)7-12(11)2)16(20)19(5)10-17(3,4)9-18;/h6-8H,9-10,18H2,1-5H3;1H. The van der Waals surface area contributed by atoms with Crippen LogP contribution in [0.5, 0.6) is 0 Å². The maximum Gasteiger partial charge on any atom is 0.289 e. The minimum Gasteiger partial charge on any atom is -0.451 e. The number of nitrogens with zero attached hydrogens (tertiary/aromatic N) is 1. The van der Waals surface area contributed by atoms with E-state index >= 15 is 0 Å². The first-order valence-electron chi connectivity index (χ1n) is 7.20. The molecule has 1 aromatic carbocycles. The van der Waals surface area contributed by atoms with E-state index in [0.29, 0.717) is 18.8 Å². The van der Waals surface area contributed by atoms with Crippen LogP contribution < -0.4 is 5.73 Å². The summed E-state index contributed by atoms with van der Waals surface area (Å²) in [6, 6.07) is 5.84. The van der Waals surface area contributed by atoms with E-state index in [9.17, 15) is 4.79 Å². The molecule has 4 nitrogen and oxygen atoms in total. The molecule has 2 rings (SSSR count). The Bertz CT molecular complexity index is 638. The van der Waals surface area contributed by atoms with Crippen molar-refractivity contribution in [2.75, 3.05) is 20.1 Å². The molecular weight excluding hydrogens is 300 g/mol. The van der Waals surface area contributed by atoms with Crippen LogP contribution in [0.3, 0.4) is 0 Å². The lowest BCUT2D eigenvalue weighted by atomic mass is 9.93. The highest BCUT2D eigenvalue weighted by Crippen LogP contribution is 2.24. The molecule has 0 aliphatic heterocycles. The Hall–Kier alpha value is -1.52. The Balaban J connectivity index is 0.00000242. The quantitative estimate of drug-likeness (QED) is 0.936. The van der Waals surface area contributed by atoms with Crippen molar-refractivity contribution < 1.29 is 9.21 Å². The van der Waals surface area contributed by atoms with Gasteiger partial charge in [-0.1, -0.05) is 13.8 Å². The number of aryl methyl sites for hydroxylation is 2. The third-order valence-corrected chi connectivity index (χ3v) is 3.91. The van der Waals surface area contributed by atoms with Crippen molar-refractivity contribution in [1.29, 1.82) is 0 Å². The van der Waals surface area contributed by atoms with Gasteiger partial charge in [0.05, 0.1) is 0 Å². The van der Waals surface area contributed by atoms with E-state index in [4.69, 9.17) is 10.2 Å². The highest BCUT2D eigenvalue weighted by atomic mass is 35.5. The minimum atomic E-state index is -0.108. The van der Waals surface area contributed by atoms with Crippen molar-refractivity contribution in [3.63, 3.8) is 0 Å². The predicted molar refractivity (Wildman–Crippen MR) is 92.7 cm³/mol. The lowest BCUT2D eigenvalue weighted by Crippen LogP contribution is -2.39. The number of halogens is 1. The monoisotopic (exact) mass is 324 g/mol. The number of carbonyl (C=O) groups excluding carboxylic acids is 1. The maximum atomic E-state index is 12.5. The molecule has 0 saturated carbocycles. The minimum absolute atomic E-state index is 0. The average Bonchev–Trinajstić information content (AvgIpc) is 2.80. The molecule has 0 unspecified atom stereocenters. The fourth-order valence-corrected chi connectivity index (χ4v) is 2.37. The normalized spacial score (nSPS) is 11.4. The van der Waals surface area contributed by atoms with Gasteiger partial charge in [0, 0.05) is 19.0 Å². The van der Waals surface area contributed by atoms with E-state index in [1.54, 1.807) is 11.9 Å². The molecule has 0 atom stereocenters. The summed E-state index contributed by atoms with van der Waals surface area (Å²) in [4.78, 5) is 14.1. The smallest absolute Gasteiger partial charge is 0.289 e.